The molecule has 1 fully saturated rings. The highest BCUT2D eigenvalue weighted by atomic mass is 16.5. The zero-order chi connectivity index (χ0) is 12.8. The maximum Gasteiger partial charge on any atom is 0.162 e. The van der Waals surface area contributed by atoms with Crippen molar-refractivity contribution in [3.8, 4) is 17.6 Å². The first-order valence-corrected chi connectivity index (χ1v) is 6.54. The minimum absolute atomic E-state index is 0.594. The van der Waals surface area contributed by atoms with Gasteiger partial charge in [-0.15, -0.1) is 0 Å². The quantitative estimate of drug-likeness (QED) is 0.815. The maximum atomic E-state index is 8.84. The SMILES string of the molecule is COc1cc(C#N)ccc1OCC1CCCCC1. The number of nitrogens with zero attached hydrogens (tertiary/aromatic N) is 1. The smallest absolute Gasteiger partial charge is 0.162 e. The molecule has 0 heterocycles. The summed E-state index contributed by atoms with van der Waals surface area (Å²) in [6.07, 6.45) is 6.52. The van der Waals surface area contributed by atoms with E-state index < -0.39 is 0 Å². The van der Waals surface area contributed by atoms with Crippen molar-refractivity contribution >= 4 is 0 Å². The van der Waals surface area contributed by atoms with E-state index in [0.717, 1.165) is 12.4 Å². The van der Waals surface area contributed by atoms with Crippen molar-refractivity contribution < 1.29 is 9.47 Å². The summed E-state index contributed by atoms with van der Waals surface area (Å²) in [5.41, 5.74) is 0.594. The second-order valence-electron chi connectivity index (χ2n) is 4.79. The Labute approximate surface area is 108 Å². The summed E-state index contributed by atoms with van der Waals surface area (Å²) in [7, 11) is 1.60. The number of benzene rings is 1. The van der Waals surface area contributed by atoms with Gasteiger partial charge in [0.1, 0.15) is 0 Å². The molecule has 0 N–H and O–H groups in total. The van der Waals surface area contributed by atoms with Crippen LogP contribution in [0.5, 0.6) is 11.5 Å². The van der Waals surface area contributed by atoms with Crippen molar-refractivity contribution in [2.75, 3.05) is 13.7 Å². The Kier molecular flexibility index (Phi) is 4.46. The van der Waals surface area contributed by atoms with Crippen LogP contribution in [0.2, 0.25) is 0 Å². The van der Waals surface area contributed by atoms with Gasteiger partial charge in [-0.3, -0.25) is 0 Å². The van der Waals surface area contributed by atoms with Crippen LogP contribution in [0.15, 0.2) is 18.2 Å². The van der Waals surface area contributed by atoms with Gasteiger partial charge in [0.05, 0.1) is 25.3 Å². The van der Waals surface area contributed by atoms with Crippen molar-refractivity contribution in [1.29, 1.82) is 5.26 Å². The lowest BCUT2D eigenvalue weighted by molar-refractivity contribution is 0.202. The van der Waals surface area contributed by atoms with Gasteiger partial charge in [-0.05, 0) is 30.9 Å². The number of nitriles is 1. The fraction of sp³-hybridized carbons (Fsp3) is 0.533. The van der Waals surface area contributed by atoms with Crippen molar-refractivity contribution in [3.63, 3.8) is 0 Å². The molecule has 96 valence electrons. The van der Waals surface area contributed by atoms with Crippen LogP contribution in [0, 0.1) is 17.2 Å². The summed E-state index contributed by atoms with van der Waals surface area (Å²) in [4.78, 5) is 0. The Morgan fingerprint density at radius 3 is 2.67 bits per heavy atom. The second kappa shape index (κ2) is 6.30. The number of ether oxygens (including phenoxy) is 2. The molecule has 0 unspecified atom stereocenters. The van der Waals surface area contributed by atoms with Gasteiger partial charge < -0.3 is 9.47 Å². The number of methoxy groups -OCH3 is 1. The topological polar surface area (TPSA) is 42.2 Å². The first-order chi connectivity index (χ1) is 8.83. The Hall–Kier alpha value is -1.69. The third-order valence-corrected chi connectivity index (χ3v) is 3.49. The fourth-order valence-electron chi connectivity index (χ4n) is 2.42. The van der Waals surface area contributed by atoms with Gasteiger partial charge >= 0.3 is 0 Å². The summed E-state index contributed by atoms with van der Waals surface area (Å²) in [5.74, 6) is 2.05. The van der Waals surface area contributed by atoms with E-state index in [1.165, 1.54) is 32.1 Å². The highest BCUT2D eigenvalue weighted by molar-refractivity contribution is 5.46. The highest BCUT2D eigenvalue weighted by Crippen LogP contribution is 2.30. The molecule has 1 aliphatic rings. The van der Waals surface area contributed by atoms with Crippen molar-refractivity contribution in [2.45, 2.75) is 32.1 Å². The third-order valence-electron chi connectivity index (χ3n) is 3.49. The van der Waals surface area contributed by atoms with E-state index in [-0.39, 0.29) is 0 Å². The van der Waals surface area contributed by atoms with Gasteiger partial charge in [-0.2, -0.15) is 5.26 Å². The predicted octanol–water partition coefficient (Wildman–Crippen LogP) is 3.53. The Morgan fingerprint density at radius 1 is 1.22 bits per heavy atom. The van der Waals surface area contributed by atoms with Gasteiger partial charge in [0, 0.05) is 6.07 Å². The van der Waals surface area contributed by atoms with Crippen LogP contribution in [0.25, 0.3) is 0 Å². The highest BCUT2D eigenvalue weighted by Gasteiger charge is 2.15. The van der Waals surface area contributed by atoms with E-state index >= 15 is 0 Å². The molecule has 1 aromatic carbocycles. The average molecular weight is 245 g/mol. The number of rotatable bonds is 4. The maximum absolute atomic E-state index is 8.84. The standard InChI is InChI=1S/C15H19NO2/c1-17-15-9-13(10-16)7-8-14(15)18-11-12-5-3-2-4-6-12/h7-9,12H,2-6,11H2,1H3. The number of hydrogen-bond acceptors (Lipinski definition) is 3. The van der Waals surface area contributed by atoms with E-state index in [1.807, 2.05) is 6.07 Å². The van der Waals surface area contributed by atoms with Crippen LogP contribution in [0.4, 0.5) is 0 Å². The normalized spacial score (nSPS) is 16.0. The lowest BCUT2D eigenvalue weighted by Crippen LogP contribution is -2.15. The van der Waals surface area contributed by atoms with Crippen molar-refractivity contribution in [1.82, 2.24) is 0 Å². The van der Waals surface area contributed by atoms with E-state index in [2.05, 4.69) is 6.07 Å². The molecule has 1 saturated carbocycles. The molecular weight excluding hydrogens is 226 g/mol. The van der Waals surface area contributed by atoms with Crippen LogP contribution >= 0.6 is 0 Å². The summed E-state index contributed by atoms with van der Waals surface area (Å²) >= 11 is 0. The zero-order valence-electron chi connectivity index (χ0n) is 10.8. The molecule has 0 bridgehead atoms. The Balaban J connectivity index is 1.98. The Bertz CT molecular complexity index is 431. The van der Waals surface area contributed by atoms with Crippen molar-refractivity contribution in [2.24, 2.45) is 5.92 Å². The van der Waals surface area contributed by atoms with E-state index in [1.54, 1.807) is 19.2 Å². The Morgan fingerprint density at radius 2 is 2.00 bits per heavy atom. The molecule has 0 atom stereocenters. The predicted molar refractivity (Wildman–Crippen MR) is 69.8 cm³/mol. The molecule has 3 nitrogen and oxygen atoms in total. The molecular formula is C15H19NO2. The summed E-state index contributed by atoms with van der Waals surface area (Å²) in [5, 5.41) is 8.84. The molecule has 0 spiro atoms. The lowest BCUT2D eigenvalue weighted by Gasteiger charge is -2.22. The molecule has 3 heteroatoms. The molecule has 18 heavy (non-hydrogen) atoms. The van der Waals surface area contributed by atoms with Crippen LogP contribution in [0.1, 0.15) is 37.7 Å². The van der Waals surface area contributed by atoms with Crippen LogP contribution in [-0.4, -0.2) is 13.7 Å². The van der Waals surface area contributed by atoms with Crippen LogP contribution in [0.3, 0.4) is 0 Å². The van der Waals surface area contributed by atoms with Crippen LogP contribution < -0.4 is 9.47 Å². The molecule has 0 saturated heterocycles. The minimum Gasteiger partial charge on any atom is -0.493 e. The minimum atomic E-state index is 0.594. The van der Waals surface area contributed by atoms with Gasteiger partial charge in [0.15, 0.2) is 11.5 Å². The molecule has 1 aromatic rings. The number of hydrogen-bond donors (Lipinski definition) is 0. The first kappa shape index (κ1) is 12.8. The first-order valence-electron chi connectivity index (χ1n) is 6.54. The third kappa shape index (κ3) is 3.16. The fourth-order valence-corrected chi connectivity index (χ4v) is 2.42. The van der Waals surface area contributed by atoms with Gasteiger partial charge in [-0.25, -0.2) is 0 Å². The van der Waals surface area contributed by atoms with E-state index in [4.69, 9.17) is 14.7 Å². The molecule has 0 amide bonds. The summed E-state index contributed by atoms with van der Waals surface area (Å²) in [6, 6.07) is 7.40. The van der Waals surface area contributed by atoms with Gasteiger partial charge in [0.25, 0.3) is 0 Å². The zero-order valence-corrected chi connectivity index (χ0v) is 10.8. The molecule has 1 aliphatic carbocycles. The summed E-state index contributed by atoms with van der Waals surface area (Å²) in [6.45, 7) is 0.752. The molecule has 2 rings (SSSR count). The second-order valence-corrected chi connectivity index (χ2v) is 4.79. The largest absolute Gasteiger partial charge is 0.493 e. The van der Waals surface area contributed by atoms with E-state index in [0.29, 0.717) is 17.2 Å². The van der Waals surface area contributed by atoms with Gasteiger partial charge in [-0.1, -0.05) is 19.3 Å². The van der Waals surface area contributed by atoms with Gasteiger partial charge in [0.2, 0.25) is 0 Å². The van der Waals surface area contributed by atoms with E-state index in [9.17, 15) is 0 Å². The summed E-state index contributed by atoms with van der Waals surface area (Å²) < 4.78 is 11.1. The molecule has 0 radical (unpaired) electrons. The monoisotopic (exact) mass is 245 g/mol. The van der Waals surface area contributed by atoms with Crippen LogP contribution in [-0.2, 0) is 0 Å². The van der Waals surface area contributed by atoms with Crippen molar-refractivity contribution in [3.05, 3.63) is 23.8 Å². The average Bonchev–Trinajstić information content (AvgIpc) is 2.46. The molecule has 0 aromatic heterocycles. The molecule has 0 aliphatic heterocycles. The lowest BCUT2D eigenvalue weighted by atomic mass is 9.90.